The van der Waals surface area contributed by atoms with Crippen LogP contribution in [0.15, 0.2) is 83.4 Å². The molecule has 7 nitrogen and oxygen atoms in total. The van der Waals surface area contributed by atoms with Crippen molar-refractivity contribution in [3.8, 4) is 11.3 Å². The van der Waals surface area contributed by atoms with Crippen LogP contribution in [0, 0.1) is 24.6 Å². The summed E-state index contributed by atoms with van der Waals surface area (Å²) in [5.41, 5.74) is 3.34. The Labute approximate surface area is 272 Å². The van der Waals surface area contributed by atoms with Crippen molar-refractivity contribution in [2.75, 3.05) is 10.8 Å². The van der Waals surface area contributed by atoms with Crippen LogP contribution in [0.4, 0.5) is 10.1 Å². The fourth-order valence-corrected chi connectivity index (χ4v) is 6.72. The molecule has 1 aromatic heterocycles. The summed E-state index contributed by atoms with van der Waals surface area (Å²) in [4.78, 5) is 59.2. The highest BCUT2D eigenvalue weighted by Gasteiger charge is 2.47. The van der Waals surface area contributed by atoms with Gasteiger partial charge in [0.2, 0.25) is 17.6 Å². The van der Waals surface area contributed by atoms with E-state index in [1.54, 1.807) is 36.4 Å². The summed E-state index contributed by atoms with van der Waals surface area (Å²) in [5.74, 6) is -2.72. The second kappa shape index (κ2) is 12.7. The minimum atomic E-state index is -1.19. The number of anilines is 1. The van der Waals surface area contributed by atoms with Gasteiger partial charge in [0, 0.05) is 33.3 Å². The zero-order valence-electron chi connectivity index (χ0n) is 24.1. The number of ketones is 1. The minimum Gasteiger partial charge on any atom is -0.450 e. The number of rotatable bonds is 8. The molecule has 2 aliphatic rings. The van der Waals surface area contributed by atoms with Gasteiger partial charge in [-0.05, 0) is 79.9 Å². The van der Waals surface area contributed by atoms with Crippen LogP contribution in [-0.2, 0) is 14.3 Å². The number of aromatic nitrogens is 1. The lowest BCUT2D eigenvalue weighted by molar-refractivity contribution is -0.122. The number of alkyl halides is 1. The zero-order chi connectivity index (χ0) is 31.8. The molecule has 0 bridgehead atoms. The molecule has 0 N–H and O–H groups in total. The minimum absolute atomic E-state index is 0.0598. The van der Waals surface area contributed by atoms with E-state index in [0.717, 1.165) is 10.0 Å². The van der Waals surface area contributed by atoms with Gasteiger partial charge in [-0.25, -0.2) is 14.2 Å². The van der Waals surface area contributed by atoms with E-state index >= 15 is 0 Å². The largest absolute Gasteiger partial charge is 0.450 e. The highest BCUT2D eigenvalue weighted by Crippen LogP contribution is 2.38. The molecule has 3 unspecified atom stereocenters. The third-order valence-electron chi connectivity index (χ3n) is 8.26. The Morgan fingerprint density at radius 2 is 1.64 bits per heavy atom. The number of aryl methyl sites for hydroxylation is 1. The topological polar surface area (TPSA) is 93.6 Å². The number of pyridine rings is 1. The van der Waals surface area contributed by atoms with E-state index in [1.165, 1.54) is 29.2 Å². The van der Waals surface area contributed by atoms with Crippen molar-refractivity contribution in [3.05, 3.63) is 106 Å². The number of esters is 1. The monoisotopic (exact) mass is 688 g/mol. The van der Waals surface area contributed by atoms with Gasteiger partial charge in [0.25, 0.3) is 0 Å². The maximum Gasteiger partial charge on any atom is 0.339 e. The molecular formula is C35H27BrClFN2O5. The second-order valence-corrected chi connectivity index (χ2v) is 12.4. The van der Waals surface area contributed by atoms with Crippen molar-refractivity contribution in [1.29, 1.82) is 0 Å². The lowest BCUT2D eigenvalue weighted by Crippen LogP contribution is -2.30. The van der Waals surface area contributed by atoms with E-state index in [2.05, 4.69) is 15.9 Å². The van der Waals surface area contributed by atoms with Gasteiger partial charge in [-0.3, -0.25) is 19.3 Å². The normalized spacial score (nSPS) is 18.3. The van der Waals surface area contributed by atoms with E-state index in [0.29, 0.717) is 40.7 Å². The predicted octanol–water partition coefficient (Wildman–Crippen LogP) is 7.60. The average molecular weight is 690 g/mol. The Morgan fingerprint density at radius 1 is 1.00 bits per heavy atom. The van der Waals surface area contributed by atoms with E-state index in [4.69, 9.17) is 21.3 Å². The Hall–Kier alpha value is -4.21. The lowest BCUT2D eigenvalue weighted by Gasteiger charge is -2.18. The molecule has 1 aliphatic heterocycles. The van der Waals surface area contributed by atoms with Gasteiger partial charge in [-0.15, -0.1) is 11.6 Å². The van der Waals surface area contributed by atoms with Crippen LogP contribution in [0.1, 0.15) is 45.5 Å². The summed E-state index contributed by atoms with van der Waals surface area (Å²) in [7, 11) is 0. The zero-order valence-corrected chi connectivity index (χ0v) is 26.5. The Kier molecular flexibility index (Phi) is 8.66. The molecular weight excluding hydrogens is 663 g/mol. The van der Waals surface area contributed by atoms with Gasteiger partial charge < -0.3 is 4.74 Å². The van der Waals surface area contributed by atoms with Gasteiger partial charge in [0.05, 0.1) is 34.3 Å². The number of amides is 2. The van der Waals surface area contributed by atoms with Crippen molar-refractivity contribution in [3.63, 3.8) is 0 Å². The van der Waals surface area contributed by atoms with E-state index in [9.17, 15) is 23.6 Å². The standard InChI is InChI=1S/C35H27BrClFN2O5/c1-19-16-22(36)17-27-28(35(44)45-30(14-15-37)32(41)21-6-10-23(38)11-7-21)18-29(39-31(19)27)20-8-12-24(13-9-20)40-33(42)25-4-2-3-5-26(25)34(40)43/h2-3,6-13,16-18,25-26,30H,4-5,14-15H2,1H3. The van der Waals surface area contributed by atoms with Crippen LogP contribution in [-0.4, -0.2) is 40.5 Å². The molecule has 228 valence electrons. The number of imide groups is 1. The summed E-state index contributed by atoms with van der Waals surface area (Å²) in [6.45, 7) is 1.87. The van der Waals surface area contributed by atoms with Crippen LogP contribution in [0.25, 0.3) is 22.2 Å². The Bertz CT molecular complexity index is 1850. The number of ether oxygens (including phenoxy) is 1. The van der Waals surface area contributed by atoms with E-state index < -0.39 is 23.7 Å². The number of allylic oxidation sites excluding steroid dienone is 2. The first-order chi connectivity index (χ1) is 21.7. The van der Waals surface area contributed by atoms with Gasteiger partial charge >= 0.3 is 5.97 Å². The van der Waals surface area contributed by atoms with Crippen LogP contribution in [0.2, 0.25) is 0 Å². The number of hydrogen-bond donors (Lipinski definition) is 0. The molecule has 2 amide bonds. The fourth-order valence-electron chi connectivity index (χ4n) is 5.94. The molecule has 3 aromatic carbocycles. The predicted molar refractivity (Wildman–Crippen MR) is 173 cm³/mol. The van der Waals surface area contributed by atoms with Crippen molar-refractivity contribution in [2.45, 2.75) is 32.3 Å². The third kappa shape index (κ3) is 5.94. The van der Waals surface area contributed by atoms with Gasteiger partial charge in [0.15, 0.2) is 6.10 Å². The van der Waals surface area contributed by atoms with Gasteiger partial charge in [0.1, 0.15) is 5.82 Å². The second-order valence-electron chi connectivity index (χ2n) is 11.1. The van der Waals surface area contributed by atoms with E-state index in [-0.39, 0.29) is 47.1 Å². The highest BCUT2D eigenvalue weighted by atomic mass is 79.9. The van der Waals surface area contributed by atoms with Crippen molar-refractivity contribution in [2.24, 2.45) is 11.8 Å². The van der Waals surface area contributed by atoms with E-state index in [1.807, 2.05) is 25.1 Å². The molecule has 2 heterocycles. The van der Waals surface area contributed by atoms with Crippen molar-refractivity contribution < 1.29 is 28.3 Å². The van der Waals surface area contributed by atoms with Gasteiger partial charge in [-0.2, -0.15) is 0 Å². The maximum atomic E-state index is 13.8. The molecule has 0 spiro atoms. The molecule has 1 fully saturated rings. The lowest BCUT2D eigenvalue weighted by atomic mass is 9.85. The number of hydrogen-bond acceptors (Lipinski definition) is 6. The summed E-state index contributed by atoms with van der Waals surface area (Å²) in [5, 5.41) is 0.524. The van der Waals surface area contributed by atoms with Gasteiger partial charge in [-0.1, -0.05) is 40.2 Å². The molecule has 1 saturated heterocycles. The molecule has 0 saturated carbocycles. The highest BCUT2D eigenvalue weighted by molar-refractivity contribution is 9.10. The molecule has 10 heteroatoms. The molecule has 1 aliphatic carbocycles. The van der Waals surface area contributed by atoms with Crippen molar-refractivity contribution in [1.82, 2.24) is 4.98 Å². The number of fused-ring (bicyclic) bond motifs is 2. The summed E-state index contributed by atoms with van der Waals surface area (Å²) in [6, 6.07) is 17.2. The molecule has 6 rings (SSSR count). The van der Waals surface area contributed by atoms with Crippen LogP contribution < -0.4 is 4.90 Å². The number of carbonyl (C=O) groups is 4. The number of nitrogens with zero attached hydrogens (tertiary/aromatic N) is 2. The number of Topliss-reactive ketones (excluding diaryl/α,β-unsaturated/α-hetero) is 1. The van der Waals surface area contributed by atoms with Crippen molar-refractivity contribution >= 4 is 67.7 Å². The third-order valence-corrected chi connectivity index (χ3v) is 8.94. The molecule has 0 radical (unpaired) electrons. The smallest absolute Gasteiger partial charge is 0.339 e. The first-order valence-corrected chi connectivity index (χ1v) is 15.8. The maximum absolute atomic E-state index is 13.8. The summed E-state index contributed by atoms with van der Waals surface area (Å²) in [6.07, 6.45) is 3.89. The molecule has 3 atom stereocenters. The molecule has 4 aromatic rings. The Morgan fingerprint density at radius 3 is 2.27 bits per heavy atom. The average Bonchev–Trinajstić information content (AvgIpc) is 3.29. The quantitative estimate of drug-likeness (QED) is 0.0622. The number of halogens is 3. The Balaban J connectivity index is 1.34. The SMILES string of the molecule is Cc1cc(Br)cc2c(C(=O)OC(CCCl)C(=O)c3ccc(F)cc3)cc(-c3ccc(N4C(=O)C5CC=CCC5C4=O)cc3)nc12. The first kappa shape index (κ1) is 30.8. The number of benzene rings is 3. The van der Waals surface area contributed by atoms with Crippen LogP contribution in [0.3, 0.4) is 0 Å². The first-order valence-electron chi connectivity index (χ1n) is 14.5. The summed E-state index contributed by atoms with van der Waals surface area (Å²) < 4.78 is 20.0. The fraction of sp³-hybridized carbons (Fsp3) is 0.229. The number of carbonyl (C=O) groups excluding carboxylic acids is 4. The molecule has 45 heavy (non-hydrogen) atoms. The summed E-state index contributed by atoms with van der Waals surface area (Å²) >= 11 is 9.46. The van der Waals surface area contributed by atoms with Crippen LogP contribution >= 0.6 is 27.5 Å². The van der Waals surface area contributed by atoms with Crippen LogP contribution in [0.5, 0.6) is 0 Å².